The van der Waals surface area contributed by atoms with Crippen molar-refractivity contribution < 1.29 is 15.1 Å². The molecule has 2 unspecified atom stereocenters. The van der Waals surface area contributed by atoms with E-state index >= 15 is 0 Å². The maximum Gasteiger partial charge on any atom is 0.255 e. The van der Waals surface area contributed by atoms with E-state index in [0.29, 0.717) is 16.9 Å². The van der Waals surface area contributed by atoms with Crippen LogP contribution >= 0.6 is 10.5 Å². The van der Waals surface area contributed by atoms with Crippen molar-refractivity contribution in [2.24, 2.45) is 0 Å². The van der Waals surface area contributed by atoms with Gasteiger partial charge in [0.25, 0.3) is 5.91 Å². The predicted octanol–water partition coefficient (Wildman–Crippen LogP) is 3.14. The van der Waals surface area contributed by atoms with Gasteiger partial charge in [-0.15, -0.1) is 10.5 Å². The van der Waals surface area contributed by atoms with Crippen LogP contribution in [0.1, 0.15) is 10.4 Å². The highest BCUT2D eigenvalue weighted by Gasteiger charge is 2.30. The molecule has 2 aromatic carbocycles. The monoisotopic (exact) mass is 367 g/mol. The Morgan fingerprint density at radius 1 is 1.19 bits per heavy atom. The van der Waals surface area contributed by atoms with Crippen LogP contribution in [0.4, 0.5) is 11.4 Å². The van der Waals surface area contributed by atoms with Crippen LogP contribution in [0.5, 0.6) is 5.75 Å². The van der Waals surface area contributed by atoms with Gasteiger partial charge in [-0.2, -0.15) is 5.06 Å². The number of amides is 1. The molecule has 7 heteroatoms. The molecule has 0 radical (unpaired) electrons. The van der Waals surface area contributed by atoms with Crippen LogP contribution < -0.4 is 11.1 Å². The summed E-state index contributed by atoms with van der Waals surface area (Å²) in [5, 5.41) is 23.4. The smallest absolute Gasteiger partial charge is 0.255 e. The van der Waals surface area contributed by atoms with E-state index in [0.717, 1.165) is 9.80 Å². The zero-order chi connectivity index (χ0) is 18.3. The van der Waals surface area contributed by atoms with Crippen molar-refractivity contribution >= 4 is 33.3 Å². The Bertz CT molecular complexity index is 980. The Morgan fingerprint density at radius 2 is 1.96 bits per heavy atom. The number of hydrogen-bond donors (Lipinski definition) is 4. The van der Waals surface area contributed by atoms with Gasteiger partial charge in [-0.25, -0.2) is 0 Å². The second-order valence-corrected chi connectivity index (χ2v) is 7.80. The van der Waals surface area contributed by atoms with Gasteiger partial charge in [0.05, 0.1) is 17.4 Å². The number of phenols is 1. The van der Waals surface area contributed by atoms with Crippen molar-refractivity contribution in [1.82, 2.24) is 5.06 Å². The summed E-state index contributed by atoms with van der Waals surface area (Å²) in [5.74, 6) is -0.210. The van der Waals surface area contributed by atoms with Crippen LogP contribution in [0.15, 0.2) is 70.5 Å². The normalized spacial score (nSPS) is 21.2. The Hall–Kier alpha value is -2.87. The molecule has 1 aliphatic heterocycles. The van der Waals surface area contributed by atoms with Crippen molar-refractivity contribution in [2.45, 2.75) is 10.9 Å². The summed E-state index contributed by atoms with van der Waals surface area (Å²) in [6.45, 7) is 0. The van der Waals surface area contributed by atoms with E-state index < -0.39 is 10.5 Å². The Morgan fingerprint density at radius 3 is 2.73 bits per heavy atom. The van der Waals surface area contributed by atoms with Gasteiger partial charge in [-0.1, -0.05) is 18.2 Å². The maximum absolute atomic E-state index is 12.4. The van der Waals surface area contributed by atoms with E-state index in [2.05, 4.69) is 5.32 Å². The van der Waals surface area contributed by atoms with Gasteiger partial charge in [-0.3, -0.25) is 4.79 Å². The van der Waals surface area contributed by atoms with E-state index in [1.165, 1.54) is 17.2 Å². The van der Waals surface area contributed by atoms with Gasteiger partial charge >= 0.3 is 0 Å². The van der Waals surface area contributed by atoms with Crippen molar-refractivity contribution in [2.75, 3.05) is 11.1 Å². The Labute approximate surface area is 152 Å². The summed E-state index contributed by atoms with van der Waals surface area (Å²) in [6, 6.07) is 11.4. The highest BCUT2D eigenvalue weighted by Crippen LogP contribution is 2.45. The number of rotatable bonds is 3. The number of carbonyl (C=O) groups is 1. The third kappa shape index (κ3) is 2.92. The number of allylic oxidation sites excluding steroid dienone is 2. The molecular formula is C19H17N3O3S. The Balaban J connectivity index is 1.62. The number of nitrogens with one attached hydrogen (secondary N) is 1. The molecule has 6 nitrogen and oxygen atoms in total. The van der Waals surface area contributed by atoms with Gasteiger partial charge < -0.3 is 21.4 Å². The summed E-state index contributed by atoms with van der Waals surface area (Å²) in [7, 11) is -0.398. The number of aromatic hydroxyl groups is 1. The minimum Gasteiger partial charge on any atom is -0.508 e. The molecule has 0 fully saturated rings. The first-order valence-corrected chi connectivity index (χ1v) is 9.25. The Kier molecular flexibility index (Phi) is 4.12. The fourth-order valence-corrected chi connectivity index (χ4v) is 4.88. The summed E-state index contributed by atoms with van der Waals surface area (Å²) < 4.78 is 0. The molecule has 0 bridgehead atoms. The largest absolute Gasteiger partial charge is 0.508 e. The van der Waals surface area contributed by atoms with Gasteiger partial charge in [-0.05, 0) is 42.5 Å². The zero-order valence-electron chi connectivity index (χ0n) is 13.7. The molecule has 0 spiro atoms. The number of nitrogens with two attached hydrogens (primary N) is 1. The average molecular weight is 367 g/mol. The second-order valence-electron chi connectivity index (χ2n) is 5.97. The number of phenolic OH excluding ortho intramolecular Hbond substituents is 1. The van der Waals surface area contributed by atoms with Gasteiger partial charge in [0.1, 0.15) is 5.75 Å². The molecule has 2 aliphatic rings. The molecule has 26 heavy (non-hydrogen) atoms. The number of nitrogens with zero attached hydrogens (tertiary/aromatic N) is 1. The van der Waals surface area contributed by atoms with Crippen LogP contribution in [-0.2, 0) is 0 Å². The lowest BCUT2D eigenvalue weighted by Crippen LogP contribution is -2.23. The molecule has 2 aromatic rings. The second kappa shape index (κ2) is 6.45. The topological polar surface area (TPSA) is 98.8 Å². The van der Waals surface area contributed by atoms with Gasteiger partial charge in [0.2, 0.25) is 0 Å². The molecule has 0 saturated heterocycles. The molecule has 1 amide bonds. The van der Waals surface area contributed by atoms with E-state index in [1.807, 2.05) is 30.4 Å². The highest BCUT2D eigenvalue weighted by atomic mass is 32.2. The quantitative estimate of drug-likeness (QED) is 0.493. The molecule has 1 aliphatic carbocycles. The fraction of sp³-hybridized carbons (Fsp3) is 0.0526. The molecule has 0 saturated carbocycles. The number of nitrogen functional groups attached to an aromatic ring is 1. The van der Waals surface area contributed by atoms with Crippen molar-refractivity contribution in [3.8, 4) is 5.75 Å². The molecule has 2 atom stereocenters. The maximum atomic E-state index is 12.4. The number of hydrogen-bond acceptors (Lipinski definition) is 5. The number of anilines is 2. The molecule has 132 valence electrons. The number of carbonyl (C=O) groups excluding carboxylic acids is 1. The summed E-state index contributed by atoms with van der Waals surface area (Å²) >= 11 is 0. The SMILES string of the molecule is Nc1ccc(S2=CN(O)C3C=CC=C32)cc1NC(=O)c1ccc(O)cc1. The number of benzene rings is 2. The standard InChI is InChI=1S/C19H17N3O3S/c20-15-9-8-14(26-11-22(25)17-2-1-3-18(17)26)10-16(15)21-19(24)12-4-6-13(23)7-5-12/h1-11,17,23,25H,20H2,(H,21,24). The van der Waals surface area contributed by atoms with Crippen LogP contribution in [0.3, 0.4) is 0 Å². The van der Waals surface area contributed by atoms with Gasteiger partial charge in [0.15, 0.2) is 0 Å². The summed E-state index contributed by atoms with van der Waals surface area (Å²) in [6.07, 6.45) is 5.87. The minimum atomic E-state index is -0.398. The summed E-state index contributed by atoms with van der Waals surface area (Å²) in [5.41, 5.74) is 9.19. The first kappa shape index (κ1) is 16.6. The highest BCUT2D eigenvalue weighted by molar-refractivity contribution is 8.18. The predicted molar refractivity (Wildman–Crippen MR) is 103 cm³/mol. The molecule has 1 heterocycles. The van der Waals surface area contributed by atoms with Crippen LogP contribution in [0.25, 0.3) is 0 Å². The van der Waals surface area contributed by atoms with Crippen molar-refractivity contribution in [3.63, 3.8) is 0 Å². The third-order valence-electron chi connectivity index (χ3n) is 4.25. The minimum absolute atomic E-state index is 0.0996. The number of fused-ring (bicyclic) bond motifs is 1. The van der Waals surface area contributed by atoms with Gasteiger partial charge in [0, 0.05) is 20.9 Å². The van der Waals surface area contributed by atoms with E-state index in [-0.39, 0.29) is 17.7 Å². The molecule has 5 N–H and O–H groups in total. The lowest BCUT2D eigenvalue weighted by atomic mass is 10.2. The summed E-state index contributed by atoms with van der Waals surface area (Å²) in [4.78, 5) is 14.5. The van der Waals surface area contributed by atoms with Crippen LogP contribution in [-0.4, -0.2) is 32.8 Å². The lowest BCUT2D eigenvalue weighted by Gasteiger charge is -2.13. The molecule has 0 aromatic heterocycles. The van der Waals surface area contributed by atoms with E-state index in [9.17, 15) is 15.1 Å². The first-order chi connectivity index (χ1) is 12.5. The molecule has 4 rings (SSSR count). The van der Waals surface area contributed by atoms with E-state index in [1.54, 1.807) is 23.7 Å². The van der Waals surface area contributed by atoms with Crippen LogP contribution in [0, 0.1) is 0 Å². The molecular weight excluding hydrogens is 350 g/mol. The number of hydroxylamine groups is 2. The van der Waals surface area contributed by atoms with Crippen molar-refractivity contribution in [1.29, 1.82) is 0 Å². The first-order valence-electron chi connectivity index (χ1n) is 7.96. The van der Waals surface area contributed by atoms with Crippen molar-refractivity contribution in [3.05, 3.63) is 71.2 Å². The zero-order valence-corrected chi connectivity index (χ0v) is 14.5. The third-order valence-corrected chi connectivity index (χ3v) is 6.33. The van der Waals surface area contributed by atoms with Crippen LogP contribution in [0.2, 0.25) is 0 Å². The lowest BCUT2D eigenvalue weighted by molar-refractivity contribution is -0.0144. The fourth-order valence-electron chi connectivity index (χ4n) is 2.89. The average Bonchev–Trinajstić information content (AvgIpc) is 3.22. The van der Waals surface area contributed by atoms with E-state index in [4.69, 9.17) is 5.73 Å².